The van der Waals surface area contributed by atoms with Crippen LogP contribution in [0.25, 0.3) is 0 Å². The monoisotopic (exact) mass is 438 g/mol. The van der Waals surface area contributed by atoms with Gasteiger partial charge in [0.05, 0.1) is 5.56 Å². The molecule has 3 saturated carbocycles. The Morgan fingerprint density at radius 2 is 1.32 bits per heavy atom. The van der Waals surface area contributed by atoms with Crippen LogP contribution in [0, 0.1) is 35.4 Å². The summed E-state index contributed by atoms with van der Waals surface area (Å²) >= 11 is 0. The highest BCUT2D eigenvalue weighted by molar-refractivity contribution is 5.29. The van der Waals surface area contributed by atoms with Gasteiger partial charge in [0, 0.05) is 0 Å². The molecule has 3 aliphatic carbocycles. The molecule has 0 aromatic heterocycles. The van der Waals surface area contributed by atoms with E-state index < -0.39 is 17.6 Å². The van der Waals surface area contributed by atoms with Gasteiger partial charge in [-0.3, -0.25) is 0 Å². The third kappa shape index (κ3) is 5.47. The zero-order valence-corrected chi connectivity index (χ0v) is 18.9. The molecular weight excluding hydrogens is 400 g/mol. The molecule has 3 aliphatic rings. The largest absolute Gasteiger partial charge is 0.419 e. The highest BCUT2D eigenvalue weighted by Crippen LogP contribution is 2.48. The van der Waals surface area contributed by atoms with Crippen molar-refractivity contribution in [1.82, 2.24) is 0 Å². The molecule has 0 saturated heterocycles. The van der Waals surface area contributed by atoms with E-state index in [9.17, 15) is 17.6 Å². The third-order valence-corrected chi connectivity index (χ3v) is 8.97. The van der Waals surface area contributed by atoms with Crippen molar-refractivity contribution in [1.29, 1.82) is 0 Å². The Balaban J connectivity index is 1.24. The molecule has 0 spiro atoms. The minimum Gasteiger partial charge on any atom is -0.206 e. The molecule has 31 heavy (non-hydrogen) atoms. The Morgan fingerprint density at radius 1 is 0.774 bits per heavy atom. The minimum absolute atomic E-state index is 0.207. The molecule has 0 nitrogen and oxygen atoms in total. The van der Waals surface area contributed by atoms with Crippen LogP contribution in [0.2, 0.25) is 0 Å². The Morgan fingerprint density at radius 3 is 1.87 bits per heavy atom. The summed E-state index contributed by atoms with van der Waals surface area (Å²) < 4.78 is 52.4. The lowest BCUT2D eigenvalue weighted by atomic mass is 9.66. The second-order valence-electron chi connectivity index (χ2n) is 10.8. The van der Waals surface area contributed by atoms with E-state index in [4.69, 9.17) is 0 Å². The van der Waals surface area contributed by atoms with Crippen molar-refractivity contribution in [2.45, 2.75) is 102 Å². The van der Waals surface area contributed by atoms with Crippen LogP contribution in [0.15, 0.2) is 18.2 Å². The highest BCUT2D eigenvalue weighted by Gasteiger charge is 2.37. The number of alkyl halides is 3. The van der Waals surface area contributed by atoms with Crippen LogP contribution in [-0.4, -0.2) is 0 Å². The molecule has 1 aromatic rings. The first-order valence-electron chi connectivity index (χ1n) is 12.7. The van der Waals surface area contributed by atoms with Gasteiger partial charge < -0.3 is 0 Å². The maximum Gasteiger partial charge on any atom is 0.419 e. The number of benzene rings is 1. The van der Waals surface area contributed by atoms with Crippen molar-refractivity contribution in [3.8, 4) is 0 Å². The van der Waals surface area contributed by atoms with E-state index >= 15 is 0 Å². The second-order valence-corrected chi connectivity index (χ2v) is 10.8. The van der Waals surface area contributed by atoms with Crippen molar-refractivity contribution >= 4 is 0 Å². The normalized spacial score (nSPS) is 34.7. The Labute approximate surface area is 185 Å². The first kappa shape index (κ1) is 23.1. The molecule has 2 unspecified atom stereocenters. The SMILES string of the molecule is CCCC1CCC(C2CCC(C3CCC(c4ccc(C(F)(F)F)c(F)c4)CC3)CC2)C1. The number of halogens is 4. The maximum atomic E-state index is 14.0. The van der Waals surface area contributed by atoms with Crippen LogP contribution >= 0.6 is 0 Å². The van der Waals surface area contributed by atoms with Crippen molar-refractivity contribution in [3.05, 3.63) is 35.1 Å². The molecule has 0 heterocycles. The predicted molar refractivity (Wildman–Crippen MR) is 117 cm³/mol. The van der Waals surface area contributed by atoms with Crippen molar-refractivity contribution in [2.75, 3.05) is 0 Å². The Hall–Kier alpha value is -1.06. The average Bonchev–Trinajstić information content (AvgIpc) is 3.22. The molecule has 0 N–H and O–H groups in total. The summed E-state index contributed by atoms with van der Waals surface area (Å²) in [7, 11) is 0. The molecule has 4 heteroatoms. The summed E-state index contributed by atoms with van der Waals surface area (Å²) in [4.78, 5) is 0. The van der Waals surface area contributed by atoms with Gasteiger partial charge in [0.15, 0.2) is 0 Å². The molecule has 1 aromatic carbocycles. The van der Waals surface area contributed by atoms with Crippen LogP contribution in [0.4, 0.5) is 17.6 Å². The summed E-state index contributed by atoms with van der Waals surface area (Å²) in [5.74, 6) is 3.57. The first-order chi connectivity index (χ1) is 14.8. The fraction of sp³-hybridized carbons (Fsp3) is 0.778. The highest BCUT2D eigenvalue weighted by atomic mass is 19.4. The topological polar surface area (TPSA) is 0 Å². The van der Waals surface area contributed by atoms with E-state index in [1.54, 1.807) is 0 Å². The van der Waals surface area contributed by atoms with Crippen LogP contribution < -0.4 is 0 Å². The lowest BCUT2D eigenvalue weighted by molar-refractivity contribution is -0.140. The molecule has 0 aliphatic heterocycles. The summed E-state index contributed by atoms with van der Waals surface area (Å²) in [5.41, 5.74) is -0.402. The van der Waals surface area contributed by atoms with Gasteiger partial charge in [0.1, 0.15) is 5.82 Å². The smallest absolute Gasteiger partial charge is 0.206 e. The average molecular weight is 439 g/mol. The number of hydrogen-bond acceptors (Lipinski definition) is 0. The molecule has 0 radical (unpaired) electrons. The van der Waals surface area contributed by atoms with Gasteiger partial charge in [-0.25, -0.2) is 4.39 Å². The summed E-state index contributed by atoms with van der Waals surface area (Å²) in [6.45, 7) is 2.31. The minimum atomic E-state index is -4.62. The van der Waals surface area contributed by atoms with Gasteiger partial charge in [0.2, 0.25) is 0 Å². The quantitative estimate of drug-likeness (QED) is 0.402. The lowest BCUT2D eigenvalue weighted by Crippen LogP contribution is -2.27. The zero-order valence-electron chi connectivity index (χ0n) is 18.9. The van der Waals surface area contributed by atoms with Gasteiger partial charge in [0.25, 0.3) is 0 Å². The van der Waals surface area contributed by atoms with Crippen LogP contribution in [0.5, 0.6) is 0 Å². The number of hydrogen-bond donors (Lipinski definition) is 0. The van der Waals surface area contributed by atoms with E-state index in [0.717, 1.165) is 73.0 Å². The standard InChI is InChI=1S/C27H38F4/c1-2-3-18-4-5-23(16-18)21-10-6-19(7-11-21)20-8-12-22(13-9-20)24-14-15-25(26(28)17-24)27(29,30)31/h14-15,17-23H,2-13,16H2,1H3. The molecular formula is C27H38F4. The molecule has 3 fully saturated rings. The van der Waals surface area contributed by atoms with E-state index in [0.29, 0.717) is 0 Å². The molecule has 0 bridgehead atoms. The molecule has 4 rings (SSSR count). The fourth-order valence-corrected chi connectivity index (χ4v) is 7.24. The van der Waals surface area contributed by atoms with Gasteiger partial charge in [-0.15, -0.1) is 0 Å². The summed E-state index contributed by atoms with van der Waals surface area (Å²) in [5, 5.41) is 0. The first-order valence-corrected chi connectivity index (χ1v) is 12.7. The molecule has 0 amide bonds. The third-order valence-electron chi connectivity index (χ3n) is 8.97. The fourth-order valence-electron chi connectivity index (χ4n) is 7.24. The van der Waals surface area contributed by atoms with E-state index in [-0.39, 0.29) is 5.92 Å². The summed E-state index contributed by atoms with van der Waals surface area (Å²) in [6.07, 6.45) is 12.3. The van der Waals surface area contributed by atoms with Crippen LogP contribution in [-0.2, 0) is 6.18 Å². The molecule has 2 atom stereocenters. The Kier molecular flexibility index (Phi) is 7.33. The Bertz CT molecular complexity index is 708. The maximum absolute atomic E-state index is 14.0. The van der Waals surface area contributed by atoms with Crippen LogP contribution in [0.1, 0.15) is 107 Å². The summed E-state index contributed by atoms with van der Waals surface area (Å²) in [6, 6.07) is 3.55. The molecule has 174 valence electrons. The second kappa shape index (κ2) is 9.83. The van der Waals surface area contributed by atoms with Gasteiger partial charge in [-0.1, -0.05) is 32.3 Å². The van der Waals surface area contributed by atoms with E-state index in [1.165, 1.54) is 63.9 Å². The van der Waals surface area contributed by atoms with Crippen molar-refractivity contribution in [3.63, 3.8) is 0 Å². The van der Waals surface area contributed by atoms with Gasteiger partial charge in [-0.05, 0) is 117 Å². The van der Waals surface area contributed by atoms with E-state index in [2.05, 4.69) is 6.92 Å². The van der Waals surface area contributed by atoms with Crippen molar-refractivity contribution < 1.29 is 17.6 Å². The number of rotatable bonds is 5. The van der Waals surface area contributed by atoms with Gasteiger partial charge >= 0.3 is 6.18 Å². The lowest BCUT2D eigenvalue weighted by Gasteiger charge is -2.39. The predicted octanol–water partition coefficient (Wildman–Crippen LogP) is 9.14. The van der Waals surface area contributed by atoms with Crippen molar-refractivity contribution in [2.24, 2.45) is 29.6 Å². The zero-order chi connectivity index (χ0) is 22.0. The van der Waals surface area contributed by atoms with Crippen LogP contribution in [0.3, 0.4) is 0 Å². The van der Waals surface area contributed by atoms with Gasteiger partial charge in [-0.2, -0.15) is 13.2 Å². The van der Waals surface area contributed by atoms with E-state index in [1.807, 2.05) is 0 Å².